The van der Waals surface area contributed by atoms with Gasteiger partial charge in [0.05, 0.1) is 0 Å². The molecule has 0 bridgehead atoms. The van der Waals surface area contributed by atoms with Gasteiger partial charge in [-0.05, 0) is 96.3 Å². The highest BCUT2D eigenvalue weighted by molar-refractivity contribution is 5.71. The summed E-state index contributed by atoms with van der Waals surface area (Å²) in [5.74, 6) is -0.876. The van der Waals surface area contributed by atoms with E-state index in [9.17, 15) is 14.4 Å². The average Bonchev–Trinajstić information content (AvgIpc) is 3.42. The molecule has 0 fully saturated rings. The van der Waals surface area contributed by atoms with Crippen LogP contribution in [0.5, 0.6) is 0 Å². The Kier molecular flexibility index (Phi) is 61.2. The fourth-order valence-corrected chi connectivity index (χ4v) is 9.27. The number of carbonyl (C=O) groups is 3. The van der Waals surface area contributed by atoms with E-state index < -0.39 is 6.10 Å². The molecule has 6 heteroatoms. The Balaban J connectivity index is 4.06. The third kappa shape index (κ3) is 61.4. The highest BCUT2D eigenvalue weighted by atomic mass is 16.6. The largest absolute Gasteiger partial charge is 0.462 e. The lowest BCUT2D eigenvalue weighted by atomic mass is 10.0. The van der Waals surface area contributed by atoms with Crippen molar-refractivity contribution >= 4 is 17.9 Å². The van der Waals surface area contributed by atoms with Crippen LogP contribution in [0.25, 0.3) is 0 Å². The number of hydrogen-bond donors (Lipinski definition) is 0. The molecule has 0 aliphatic carbocycles. The molecule has 0 N–H and O–H groups in total. The number of hydrogen-bond acceptors (Lipinski definition) is 6. The molecule has 1 unspecified atom stereocenters. The zero-order chi connectivity index (χ0) is 55.0. The molecule has 6 nitrogen and oxygen atoms in total. The molecule has 0 heterocycles. The maximum atomic E-state index is 12.9. The van der Waals surface area contributed by atoms with Crippen molar-refractivity contribution in [3.8, 4) is 0 Å². The van der Waals surface area contributed by atoms with Crippen molar-refractivity contribution in [1.29, 1.82) is 0 Å². The van der Waals surface area contributed by atoms with Crippen LogP contribution in [0.3, 0.4) is 0 Å². The SMILES string of the molecule is CC/C=C\C/C=C\C/C=C\C/C=C\C/C=C\CCCCCCCCCCCCCCCC(=O)OCC(COC(=O)CCCCCCCC)OC(=O)CCCCCCCCCCCCC/C=C\C/C=C\CCCCCCC. The predicted octanol–water partition coefficient (Wildman–Crippen LogP) is 22.3. The summed E-state index contributed by atoms with van der Waals surface area (Å²) in [7, 11) is 0. The van der Waals surface area contributed by atoms with E-state index in [0.717, 1.165) is 96.3 Å². The predicted molar refractivity (Wildman–Crippen MR) is 330 cm³/mol. The second-order valence-electron chi connectivity index (χ2n) is 21.6. The van der Waals surface area contributed by atoms with Gasteiger partial charge in [0.25, 0.3) is 0 Å². The van der Waals surface area contributed by atoms with Gasteiger partial charge >= 0.3 is 17.9 Å². The van der Waals surface area contributed by atoms with Crippen molar-refractivity contribution < 1.29 is 28.6 Å². The fraction of sp³-hybridized carbons (Fsp3) is 0.757. The Morgan fingerprint density at radius 1 is 0.276 bits per heavy atom. The molecule has 0 rings (SSSR count). The van der Waals surface area contributed by atoms with Gasteiger partial charge in [-0.3, -0.25) is 14.4 Å². The molecular weight excluding hydrogens is 937 g/mol. The minimum absolute atomic E-state index is 0.0750. The first-order chi connectivity index (χ1) is 37.5. The number of carbonyl (C=O) groups excluding carboxylic acids is 3. The maximum absolute atomic E-state index is 12.9. The first-order valence-electron chi connectivity index (χ1n) is 32.6. The lowest BCUT2D eigenvalue weighted by molar-refractivity contribution is -0.167. The second kappa shape index (κ2) is 64.1. The summed E-state index contributed by atoms with van der Waals surface area (Å²) in [5.41, 5.74) is 0. The first-order valence-corrected chi connectivity index (χ1v) is 32.6. The topological polar surface area (TPSA) is 78.9 Å². The Bertz CT molecular complexity index is 1450. The van der Waals surface area contributed by atoms with E-state index in [4.69, 9.17) is 14.2 Å². The molecule has 0 radical (unpaired) electrons. The molecule has 0 aliphatic heterocycles. The van der Waals surface area contributed by atoms with E-state index in [2.05, 4.69) is 106 Å². The van der Waals surface area contributed by atoms with Crippen LogP contribution < -0.4 is 0 Å². The Morgan fingerprint density at radius 2 is 0.513 bits per heavy atom. The van der Waals surface area contributed by atoms with Gasteiger partial charge in [0, 0.05) is 19.3 Å². The zero-order valence-electron chi connectivity index (χ0n) is 50.3. The second-order valence-corrected chi connectivity index (χ2v) is 21.6. The van der Waals surface area contributed by atoms with E-state index in [1.807, 2.05) is 0 Å². The summed E-state index contributed by atoms with van der Waals surface area (Å²) in [6, 6.07) is 0. The molecular formula is C70H122O6. The van der Waals surface area contributed by atoms with Crippen LogP contribution in [0, 0.1) is 0 Å². The van der Waals surface area contributed by atoms with Gasteiger partial charge in [-0.2, -0.15) is 0 Å². The normalized spacial score (nSPS) is 12.6. The smallest absolute Gasteiger partial charge is 0.306 e. The van der Waals surface area contributed by atoms with Crippen molar-refractivity contribution in [2.24, 2.45) is 0 Å². The molecule has 0 aliphatic rings. The first kappa shape index (κ1) is 72.6. The summed E-state index contributed by atoms with van der Waals surface area (Å²) in [4.78, 5) is 38.0. The Hall–Kier alpha value is -3.41. The molecule has 0 spiro atoms. The molecule has 76 heavy (non-hydrogen) atoms. The lowest BCUT2D eigenvalue weighted by Crippen LogP contribution is -2.30. The van der Waals surface area contributed by atoms with Crippen LogP contribution >= 0.6 is 0 Å². The molecule has 0 amide bonds. The van der Waals surface area contributed by atoms with Gasteiger partial charge in [-0.25, -0.2) is 0 Å². The van der Waals surface area contributed by atoms with Crippen LogP contribution in [0.1, 0.15) is 323 Å². The van der Waals surface area contributed by atoms with Gasteiger partial charge in [0.2, 0.25) is 0 Å². The highest BCUT2D eigenvalue weighted by Gasteiger charge is 2.19. The van der Waals surface area contributed by atoms with E-state index in [-0.39, 0.29) is 31.1 Å². The van der Waals surface area contributed by atoms with E-state index in [1.54, 1.807) is 0 Å². The standard InChI is InChI=1S/C70H122O6/c1-4-7-10-13-16-18-20-22-24-26-28-30-32-33-34-35-36-37-39-40-42-44-46-48-50-52-54-57-60-63-69(72)75-66-67(65-74-68(71)62-59-56-15-12-9-6-3)76-70(73)64-61-58-55-53-51-49-47-45-43-41-38-31-29-27-25-23-21-19-17-14-11-8-5-2/h7,10,16,18,21-24,27-30,33-34,67H,4-6,8-9,11-15,17,19-20,25-26,31-32,35-66H2,1-3H3/b10-7-,18-16-,23-21-,24-22-,29-27-,30-28-,34-33-. The minimum Gasteiger partial charge on any atom is -0.462 e. The van der Waals surface area contributed by atoms with Crippen molar-refractivity contribution in [2.45, 2.75) is 329 Å². The van der Waals surface area contributed by atoms with Gasteiger partial charge < -0.3 is 14.2 Å². The van der Waals surface area contributed by atoms with Crippen LogP contribution in [0.15, 0.2) is 85.1 Å². The fourth-order valence-electron chi connectivity index (χ4n) is 9.27. The zero-order valence-corrected chi connectivity index (χ0v) is 50.3. The van der Waals surface area contributed by atoms with Crippen LogP contribution in [-0.2, 0) is 28.6 Å². The van der Waals surface area contributed by atoms with Gasteiger partial charge in [-0.1, -0.05) is 292 Å². The third-order valence-corrected chi connectivity index (χ3v) is 14.1. The summed E-state index contributed by atoms with van der Waals surface area (Å²) in [6.07, 6.45) is 84.9. The number of unbranched alkanes of at least 4 members (excludes halogenated alkanes) is 34. The summed E-state index contributed by atoms with van der Waals surface area (Å²) >= 11 is 0. The minimum atomic E-state index is -0.774. The van der Waals surface area contributed by atoms with Gasteiger partial charge in [0.15, 0.2) is 6.10 Å². The summed E-state index contributed by atoms with van der Waals surface area (Å²) in [5, 5.41) is 0. The Labute approximate surface area is 471 Å². The molecule has 0 aromatic heterocycles. The molecule has 438 valence electrons. The van der Waals surface area contributed by atoms with Crippen molar-refractivity contribution in [2.75, 3.05) is 13.2 Å². The van der Waals surface area contributed by atoms with Crippen LogP contribution in [0.2, 0.25) is 0 Å². The molecule has 1 atom stereocenters. The average molecular weight is 1060 g/mol. The van der Waals surface area contributed by atoms with Crippen LogP contribution in [0.4, 0.5) is 0 Å². The molecule has 0 saturated carbocycles. The number of esters is 3. The molecule has 0 aromatic rings. The van der Waals surface area contributed by atoms with Gasteiger partial charge in [-0.15, -0.1) is 0 Å². The molecule has 0 saturated heterocycles. The third-order valence-electron chi connectivity index (χ3n) is 14.1. The number of allylic oxidation sites excluding steroid dienone is 14. The van der Waals surface area contributed by atoms with E-state index in [1.165, 1.54) is 186 Å². The monoisotopic (exact) mass is 1060 g/mol. The number of rotatable bonds is 59. The van der Waals surface area contributed by atoms with E-state index >= 15 is 0 Å². The summed E-state index contributed by atoms with van der Waals surface area (Å²) < 4.78 is 16.8. The highest BCUT2D eigenvalue weighted by Crippen LogP contribution is 2.17. The summed E-state index contributed by atoms with van der Waals surface area (Å²) in [6.45, 7) is 6.48. The van der Waals surface area contributed by atoms with Crippen molar-refractivity contribution in [3.05, 3.63) is 85.1 Å². The van der Waals surface area contributed by atoms with E-state index in [0.29, 0.717) is 19.3 Å². The maximum Gasteiger partial charge on any atom is 0.306 e. The Morgan fingerprint density at radius 3 is 0.803 bits per heavy atom. The lowest BCUT2D eigenvalue weighted by Gasteiger charge is -2.18. The van der Waals surface area contributed by atoms with Crippen molar-refractivity contribution in [3.63, 3.8) is 0 Å². The van der Waals surface area contributed by atoms with Crippen LogP contribution in [-0.4, -0.2) is 37.2 Å². The quantitative estimate of drug-likeness (QED) is 0.0261. The molecule has 0 aromatic carbocycles. The number of ether oxygens (including phenoxy) is 3. The van der Waals surface area contributed by atoms with Gasteiger partial charge in [0.1, 0.15) is 13.2 Å². The van der Waals surface area contributed by atoms with Crippen molar-refractivity contribution in [1.82, 2.24) is 0 Å².